The van der Waals surface area contributed by atoms with Crippen LogP contribution in [-0.2, 0) is 25.8 Å². The van der Waals surface area contributed by atoms with E-state index in [9.17, 15) is 0 Å². The van der Waals surface area contributed by atoms with E-state index in [4.69, 9.17) is 9.51 Å². The van der Waals surface area contributed by atoms with Crippen molar-refractivity contribution in [3.63, 3.8) is 0 Å². The minimum atomic E-state index is 0.438. The number of hydrogen-bond acceptors (Lipinski definition) is 5. The highest BCUT2D eigenvalue weighted by molar-refractivity contribution is 5.25. The third kappa shape index (κ3) is 3.92. The maximum atomic E-state index is 5.42. The summed E-state index contributed by atoms with van der Waals surface area (Å²) in [5.74, 6) is 2.10. The van der Waals surface area contributed by atoms with Crippen LogP contribution in [0.2, 0.25) is 0 Å². The fraction of sp³-hybridized carbons (Fsp3) is 0.650. The van der Waals surface area contributed by atoms with Gasteiger partial charge in [-0.1, -0.05) is 18.1 Å². The van der Waals surface area contributed by atoms with Crippen LogP contribution < -0.4 is 5.32 Å². The third-order valence-corrected chi connectivity index (χ3v) is 5.68. The number of nitrogens with zero attached hydrogens (tertiary/aromatic N) is 3. The molecule has 2 aliphatic rings. The van der Waals surface area contributed by atoms with Crippen molar-refractivity contribution in [1.29, 1.82) is 0 Å². The fourth-order valence-corrected chi connectivity index (χ4v) is 4.10. The summed E-state index contributed by atoms with van der Waals surface area (Å²) in [6.07, 6.45) is 10.4. The molecule has 2 heterocycles. The second-order valence-electron chi connectivity index (χ2n) is 7.45. The molecule has 0 aliphatic heterocycles. The summed E-state index contributed by atoms with van der Waals surface area (Å²) in [6.45, 7) is 2.94. The Kier molecular flexibility index (Phi) is 5.11. The van der Waals surface area contributed by atoms with Crippen molar-refractivity contribution in [2.75, 3.05) is 0 Å². The van der Waals surface area contributed by atoms with E-state index in [2.05, 4.69) is 34.5 Å². The SMILES string of the molecule is CCc1noc(C2CCC(NCc3ccc4c(n3)CCCC4)CC2)n1. The highest BCUT2D eigenvalue weighted by atomic mass is 16.5. The molecule has 0 saturated heterocycles. The van der Waals surface area contributed by atoms with Gasteiger partial charge in [0.25, 0.3) is 0 Å². The van der Waals surface area contributed by atoms with E-state index >= 15 is 0 Å². The predicted molar refractivity (Wildman–Crippen MR) is 96.4 cm³/mol. The second-order valence-corrected chi connectivity index (χ2v) is 7.45. The standard InChI is InChI=1S/C20H28N4O/c1-2-19-23-20(25-24-19)15-8-10-16(11-9-15)21-13-17-12-7-14-5-3-4-6-18(14)22-17/h7,12,15-16,21H,2-6,8-11,13H2,1H3. The number of aromatic nitrogens is 3. The molecule has 4 rings (SSSR count). The summed E-state index contributed by atoms with van der Waals surface area (Å²) in [7, 11) is 0. The first-order valence-electron chi connectivity index (χ1n) is 9.85. The molecule has 25 heavy (non-hydrogen) atoms. The Morgan fingerprint density at radius 3 is 2.72 bits per heavy atom. The average Bonchev–Trinajstić information content (AvgIpc) is 3.16. The normalized spacial score (nSPS) is 23.4. The van der Waals surface area contributed by atoms with E-state index in [-0.39, 0.29) is 0 Å². The molecule has 0 bridgehead atoms. The summed E-state index contributed by atoms with van der Waals surface area (Å²) in [5.41, 5.74) is 3.98. The monoisotopic (exact) mass is 340 g/mol. The third-order valence-electron chi connectivity index (χ3n) is 5.68. The van der Waals surface area contributed by atoms with Gasteiger partial charge in [0, 0.05) is 30.6 Å². The molecular weight excluding hydrogens is 312 g/mol. The molecule has 1 fully saturated rings. The molecule has 0 aromatic carbocycles. The van der Waals surface area contributed by atoms with E-state index < -0.39 is 0 Å². The number of pyridine rings is 1. The molecule has 2 aliphatic carbocycles. The zero-order valence-electron chi connectivity index (χ0n) is 15.1. The number of hydrogen-bond donors (Lipinski definition) is 1. The van der Waals surface area contributed by atoms with Crippen molar-refractivity contribution in [2.45, 2.75) is 83.2 Å². The molecule has 134 valence electrons. The molecule has 5 heteroatoms. The fourth-order valence-electron chi connectivity index (χ4n) is 4.10. The lowest BCUT2D eigenvalue weighted by molar-refractivity contribution is 0.281. The van der Waals surface area contributed by atoms with Gasteiger partial charge in [0.15, 0.2) is 5.82 Å². The molecule has 0 spiro atoms. The van der Waals surface area contributed by atoms with Gasteiger partial charge >= 0.3 is 0 Å². The zero-order chi connectivity index (χ0) is 17.1. The van der Waals surface area contributed by atoms with Gasteiger partial charge in [-0.15, -0.1) is 0 Å². The lowest BCUT2D eigenvalue weighted by Crippen LogP contribution is -2.32. The van der Waals surface area contributed by atoms with Gasteiger partial charge < -0.3 is 9.84 Å². The lowest BCUT2D eigenvalue weighted by atomic mass is 9.86. The summed E-state index contributed by atoms with van der Waals surface area (Å²) in [6, 6.07) is 5.06. The molecule has 0 amide bonds. The Morgan fingerprint density at radius 1 is 1.08 bits per heavy atom. The Bertz CT molecular complexity index is 703. The average molecular weight is 340 g/mol. The van der Waals surface area contributed by atoms with Crippen LogP contribution in [0.15, 0.2) is 16.7 Å². The smallest absolute Gasteiger partial charge is 0.229 e. The second kappa shape index (κ2) is 7.65. The molecule has 1 N–H and O–H groups in total. The summed E-state index contributed by atoms with van der Waals surface area (Å²) < 4.78 is 5.42. The predicted octanol–water partition coefficient (Wildman–Crippen LogP) is 3.72. The van der Waals surface area contributed by atoms with E-state index in [0.717, 1.165) is 43.9 Å². The van der Waals surface area contributed by atoms with Crippen molar-refractivity contribution in [2.24, 2.45) is 0 Å². The number of fused-ring (bicyclic) bond motifs is 1. The molecule has 2 aromatic heterocycles. The van der Waals surface area contributed by atoms with E-state index in [0.29, 0.717) is 12.0 Å². The first-order chi connectivity index (χ1) is 12.3. The Balaban J connectivity index is 1.27. The summed E-state index contributed by atoms with van der Waals surface area (Å²) in [4.78, 5) is 9.38. The van der Waals surface area contributed by atoms with Crippen LogP contribution in [0.5, 0.6) is 0 Å². The summed E-state index contributed by atoms with van der Waals surface area (Å²) in [5, 5.41) is 7.73. The first kappa shape index (κ1) is 16.7. The van der Waals surface area contributed by atoms with E-state index in [1.165, 1.54) is 49.1 Å². The zero-order valence-corrected chi connectivity index (χ0v) is 15.1. The van der Waals surface area contributed by atoms with Gasteiger partial charge in [-0.3, -0.25) is 4.98 Å². The minimum Gasteiger partial charge on any atom is -0.339 e. The van der Waals surface area contributed by atoms with Crippen LogP contribution in [0.25, 0.3) is 0 Å². The van der Waals surface area contributed by atoms with Gasteiger partial charge in [-0.05, 0) is 63.0 Å². The maximum Gasteiger partial charge on any atom is 0.229 e. The van der Waals surface area contributed by atoms with Crippen molar-refractivity contribution in [3.8, 4) is 0 Å². The lowest BCUT2D eigenvalue weighted by Gasteiger charge is -2.27. The summed E-state index contributed by atoms with van der Waals surface area (Å²) >= 11 is 0. The van der Waals surface area contributed by atoms with Gasteiger partial charge in [0.1, 0.15) is 0 Å². The molecule has 0 unspecified atom stereocenters. The Hall–Kier alpha value is -1.75. The van der Waals surface area contributed by atoms with Crippen LogP contribution in [0, 0.1) is 0 Å². The van der Waals surface area contributed by atoms with Crippen LogP contribution in [0.4, 0.5) is 0 Å². The minimum absolute atomic E-state index is 0.438. The van der Waals surface area contributed by atoms with Crippen molar-refractivity contribution >= 4 is 0 Å². The van der Waals surface area contributed by atoms with Gasteiger partial charge in [0.2, 0.25) is 5.89 Å². The highest BCUT2D eigenvalue weighted by Gasteiger charge is 2.26. The van der Waals surface area contributed by atoms with Crippen LogP contribution in [-0.4, -0.2) is 21.2 Å². The molecule has 1 saturated carbocycles. The largest absolute Gasteiger partial charge is 0.339 e. The Labute approximate surface area is 149 Å². The number of rotatable bonds is 5. The van der Waals surface area contributed by atoms with E-state index in [1.54, 1.807) is 0 Å². The number of nitrogens with one attached hydrogen (secondary N) is 1. The van der Waals surface area contributed by atoms with Crippen molar-refractivity contribution in [1.82, 2.24) is 20.4 Å². The maximum absolute atomic E-state index is 5.42. The quantitative estimate of drug-likeness (QED) is 0.898. The molecule has 2 aromatic rings. The first-order valence-corrected chi connectivity index (χ1v) is 9.85. The topological polar surface area (TPSA) is 63.8 Å². The number of aryl methyl sites for hydroxylation is 3. The van der Waals surface area contributed by atoms with Crippen molar-refractivity contribution in [3.05, 3.63) is 40.8 Å². The van der Waals surface area contributed by atoms with Gasteiger partial charge in [0.05, 0.1) is 5.69 Å². The molecule has 0 atom stereocenters. The van der Waals surface area contributed by atoms with Crippen LogP contribution in [0.1, 0.15) is 80.0 Å². The van der Waals surface area contributed by atoms with Crippen LogP contribution in [0.3, 0.4) is 0 Å². The van der Waals surface area contributed by atoms with Gasteiger partial charge in [-0.2, -0.15) is 4.98 Å². The molecular formula is C20H28N4O. The molecule has 0 radical (unpaired) electrons. The highest BCUT2D eigenvalue weighted by Crippen LogP contribution is 2.32. The van der Waals surface area contributed by atoms with Crippen molar-refractivity contribution < 1.29 is 4.52 Å². The van der Waals surface area contributed by atoms with Crippen LogP contribution >= 0.6 is 0 Å². The van der Waals surface area contributed by atoms with Gasteiger partial charge in [-0.25, -0.2) is 0 Å². The Morgan fingerprint density at radius 2 is 1.92 bits per heavy atom. The molecule has 5 nitrogen and oxygen atoms in total. The van der Waals surface area contributed by atoms with E-state index in [1.807, 2.05) is 0 Å².